The first-order chi connectivity index (χ1) is 12.2. The highest BCUT2D eigenvalue weighted by Crippen LogP contribution is 2.46. The molecule has 3 aliphatic rings. The number of fused-ring (bicyclic) bond motifs is 1. The van der Waals surface area contributed by atoms with Crippen LogP contribution in [0.15, 0.2) is 18.2 Å². The van der Waals surface area contributed by atoms with Gasteiger partial charge >= 0.3 is 6.03 Å². The molecule has 4 rings (SSSR count). The molecule has 1 spiro atoms. The topological polar surface area (TPSA) is 78.1 Å². The van der Waals surface area contributed by atoms with Gasteiger partial charge in [0.25, 0.3) is 5.79 Å². The van der Waals surface area contributed by atoms with Crippen molar-refractivity contribution in [3.8, 4) is 11.5 Å². The van der Waals surface area contributed by atoms with Crippen molar-refractivity contribution in [1.29, 1.82) is 0 Å². The summed E-state index contributed by atoms with van der Waals surface area (Å²) in [6.45, 7) is 2.10. The highest BCUT2D eigenvalue weighted by Gasteiger charge is 2.42. The Balaban J connectivity index is 1.32. The van der Waals surface area contributed by atoms with Gasteiger partial charge in [0.2, 0.25) is 0 Å². The van der Waals surface area contributed by atoms with Crippen molar-refractivity contribution in [2.75, 3.05) is 31.7 Å². The summed E-state index contributed by atoms with van der Waals surface area (Å²) in [5, 5.41) is 5.62. The first-order valence-electron chi connectivity index (χ1n) is 8.99. The lowest BCUT2D eigenvalue weighted by molar-refractivity contribution is -0.105. The van der Waals surface area contributed by atoms with E-state index in [4.69, 9.17) is 18.9 Å². The van der Waals surface area contributed by atoms with Gasteiger partial charge in [-0.15, -0.1) is 0 Å². The average molecular weight is 348 g/mol. The van der Waals surface area contributed by atoms with Gasteiger partial charge in [0.05, 0.1) is 25.9 Å². The Hall–Kier alpha value is -1.99. The van der Waals surface area contributed by atoms with E-state index in [2.05, 4.69) is 10.6 Å². The van der Waals surface area contributed by atoms with Gasteiger partial charge in [-0.3, -0.25) is 0 Å². The van der Waals surface area contributed by atoms with E-state index < -0.39 is 5.79 Å². The van der Waals surface area contributed by atoms with E-state index in [0.717, 1.165) is 31.4 Å². The Kier molecular flexibility index (Phi) is 4.67. The molecule has 7 nitrogen and oxygen atoms in total. The number of hydrogen-bond donors (Lipinski definition) is 2. The molecule has 1 unspecified atom stereocenters. The van der Waals surface area contributed by atoms with E-state index in [0.29, 0.717) is 37.8 Å². The summed E-state index contributed by atoms with van der Waals surface area (Å²) in [6, 6.07) is 5.22. The summed E-state index contributed by atoms with van der Waals surface area (Å²) >= 11 is 0. The van der Waals surface area contributed by atoms with Crippen molar-refractivity contribution >= 4 is 11.7 Å². The molecule has 1 aromatic carbocycles. The minimum absolute atomic E-state index is 0.0950. The highest BCUT2D eigenvalue weighted by atomic mass is 16.7. The number of carbonyl (C=O) groups excluding carboxylic acids is 1. The number of carbonyl (C=O) groups is 1. The van der Waals surface area contributed by atoms with E-state index in [1.54, 1.807) is 0 Å². The van der Waals surface area contributed by atoms with Gasteiger partial charge in [0.15, 0.2) is 11.5 Å². The zero-order chi connectivity index (χ0) is 17.1. The van der Waals surface area contributed by atoms with Crippen LogP contribution in [0.4, 0.5) is 10.5 Å². The number of ether oxygens (including phenoxy) is 4. The minimum atomic E-state index is -0.500. The predicted octanol–water partition coefficient (Wildman–Crippen LogP) is 2.66. The van der Waals surface area contributed by atoms with Crippen molar-refractivity contribution in [2.45, 2.75) is 44.0 Å². The van der Waals surface area contributed by atoms with Crippen LogP contribution in [0.25, 0.3) is 0 Å². The van der Waals surface area contributed by atoms with Crippen molar-refractivity contribution in [2.24, 2.45) is 0 Å². The second kappa shape index (κ2) is 7.09. The molecule has 2 heterocycles. The molecule has 25 heavy (non-hydrogen) atoms. The fourth-order valence-electron chi connectivity index (χ4n) is 3.50. The van der Waals surface area contributed by atoms with Crippen molar-refractivity contribution in [1.82, 2.24) is 5.32 Å². The quantitative estimate of drug-likeness (QED) is 0.878. The number of amides is 2. The highest BCUT2D eigenvalue weighted by molar-refractivity contribution is 5.89. The van der Waals surface area contributed by atoms with E-state index in [-0.39, 0.29) is 12.1 Å². The molecular weight excluding hydrogens is 324 g/mol. The van der Waals surface area contributed by atoms with Crippen LogP contribution in [-0.4, -0.2) is 44.3 Å². The Morgan fingerprint density at radius 2 is 1.96 bits per heavy atom. The van der Waals surface area contributed by atoms with Gasteiger partial charge in [-0.1, -0.05) is 6.42 Å². The van der Waals surface area contributed by atoms with Gasteiger partial charge in [-0.05, 0) is 25.0 Å². The standard InChI is InChI=1S/C18H24N2O5/c21-17(19-11-14-12-22-8-9-23-14)20-13-4-5-15-16(10-13)25-18(24-15)6-2-1-3-7-18/h4-5,10,14H,1-3,6-9,11-12H2,(H2,19,20,21). The first kappa shape index (κ1) is 16.5. The lowest BCUT2D eigenvalue weighted by Gasteiger charge is -2.31. The Morgan fingerprint density at radius 3 is 2.76 bits per heavy atom. The first-order valence-corrected chi connectivity index (χ1v) is 8.99. The second-order valence-corrected chi connectivity index (χ2v) is 6.74. The van der Waals surface area contributed by atoms with E-state index in [1.807, 2.05) is 18.2 Å². The second-order valence-electron chi connectivity index (χ2n) is 6.74. The monoisotopic (exact) mass is 348 g/mol. The molecule has 2 amide bonds. The molecule has 2 aliphatic heterocycles. The maximum Gasteiger partial charge on any atom is 0.319 e. The van der Waals surface area contributed by atoms with E-state index in [9.17, 15) is 4.79 Å². The van der Waals surface area contributed by atoms with Crippen LogP contribution < -0.4 is 20.1 Å². The number of urea groups is 1. The van der Waals surface area contributed by atoms with Gasteiger partial charge in [0, 0.05) is 31.1 Å². The molecule has 1 aliphatic carbocycles. The lowest BCUT2D eigenvalue weighted by atomic mass is 9.94. The molecule has 136 valence electrons. The van der Waals surface area contributed by atoms with Crippen LogP contribution in [0.1, 0.15) is 32.1 Å². The third-order valence-electron chi connectivity index (χ3n) is 4.78. The smallest absolute Gasteiger partial charge is 0.319 e. The molecule has 1 aromatic rings. The number of nitrogens with one attached hydrogen (secondary N) is 2. The lowest BCUT2D eigenvalue weighted by Crippen LogP contribution is -2.41. The number of anilines is 1. The van der Waals surface area contributed by atoms with Crippen LogP contribution in [0.3, 0.4) is 0 Å². The van der Waals surface area contributed by atoms with Crippen LogP contribution in [0.2, 0.25) is 0 Å². The van der Waals surface area contributed by atoms with E-state index >= 15 is 0 Å². The molecule has 7 heteroatoms. The Morgan fingerprint density at radius 1 is 1.12 bits per heavy atom. The summed E-state index contributed by atoms with van der Waals surface area (Å²) < 4.78 is 22.9. The summed E-state index contributed by atoms with van der Waals surface area (Å²) in [6.07, 6.45) is 5.20. The van der Waals surface area contributed by atoms with Gasteiger partial charge in [-0.2, -0.15) is 0 Å². The number of hydrogen-bond acceptors (Lipinski definition) is 5. The molecule has 1 saturated carbocycles. The van der Waals surface area contributed by atoms with Gasteiger partial charge in [-0.25, -0.2) is 4.79 Å². The third-order valence-corrected chi connectivity index (χ3v) is 4.78. The predicted molar refractivity (Wildman–Crippen MR) is 91.1 cm³/mol. The van der Waals surface area contributed by atoms with Crippen LogP contribution in [-0.2, 0) is 9.47 Å². The third kappa shape index (κ3) is 3.82. The molecule has 0 bridgehead atoms. The van der Waals surface area contributed by atoms with Crippen LogP contribution in [0, 0.1) is 0 Å². The zero-order valence-electron chi connectivity index (χ0n) is 14.2. The molecule has 2 N–H and O–H groups in total. The molecule has 0 aromatic heterocycles. The number of rotatable bonds is 3. The van der Waals surface area contributed by atoms with Gasteiger partial charge < -0.3 is 29.6 Å². The van der Waals surface area contributed by atoms with E-state index in [1.165, 1.54) is 6.42 Å². The molecular formula is C18H24N2O5. The van der Waals surface area contributed by atoms with Gasteiger partial charge in [0.1, 0.15) is 0 Å². The Labute approximate surface area is 147 Å². The zero-order valence-corrected chi connectivity index (χ0v) is 14.2. The summed E-state index contributed by atoms with van der Waals surface area (Å²) in [5.41, 5.74) is 0.675. The normalized spacial score (nSPS) is 24.1. The van der Waals surface area contributed by atoms with Crippen LogP contribution >= 0.6 is 0 Å². The fraction of sp³-hybridized carbons (Fsp3) is 0.611. The summed E-state index contributed by atoms with van der Waals surface area (Å²) in [4.78, 5) is 12.1. The fourth-order valence-corrected chi connectivity index (χ4v) is 3.50. The van der Waals surface area contributed by atoms with Crippen molar-refractivity contribution in [3.05, 3.63) is 18.2 Å². The van der Waals surface area contributed by atoms with Crippen LogP contribution in [0.5, 0.6) is 11.5 Å². The minimum Gasteiger partial charge on any atom is -0.448 e. The SMILES string of the molecule is O=C(NCC1COCCO1)Nc1ccc2c(c1)OC1(CCCCC1)O2. The largest absolute Gasteiger partial charge is 0.448 e. The Bertz CT molecular complexity index is 624. The van der Waals surface area contributed by atoms with Crippen molar-refractivity contribution < 1.29 is 23.7 Å². The summed E-state index contributed by atoms with van der Waals surface area (Å²) in [7, 11) is 0. The number of benzene rings is 1. The maximum atomic E-state index is 12.1. The molecule has 1 atom stereocenters. The maximum absolute atomic E-state index is 12.1. The summed E-state index contributed by atoms with van der Waals surface area (Å²) in [5.74, 6) is 0.948. The molecule has 1 saturated heterocycles. The van der Waals surface area contributed by atoms with Crippen molar-refractivity contribution in [3.63, 3.8) is 0 Å². The molecule has 0 radical (unpaired) electrons. The average Bonchev–Trinajstić information content (AvgIpc) is 2.98. The molecule has 2 fully saturated rings.